The van der Waals surface area contributed by atoms with Crippen molar-refractivity contribution < 1.29 is 6.22 Å². The molecule has 1 N–H and O–H groups in total. The fourth-order valence-electron chi connectivity index (χ4n) is 3.05. The minimum absolute atomic E-state index is 0. The highest BCUT2D eigenvalue weighted by atomic mass is 16.1. The number of carbonyl (C=O) groups is 1. The average molecular weight is 350 g/mol. The molecule has 25 heavy (non-hydrogen) atoms. The molecular weight excluding hydrogens is 306 g/mol. The number of nitrogens with one attached hydrogen (secondary N) is 1. The van der Waals surface area contributed by atoms with Crippen molar-refractivity contribution in [2.24, 2.45) is 11.8 Å². The summed E-state index contributed by atoms with van der Waals surface area (Å²) < 4.78 is 0. The summed E-state index contributed by atoms with van der Waals surface area (Å²) in [5.74, 6) is 1.67. The first kappa shape index (κ1) is 23.7. The van der Waals surface area contributed by atoms with Gasteiger partial charge in [-0.3, -0.25) is 4.79 Å². The van der Waals surface area contributed by atoms with Crippen molar-refractivity contribution in [3.8, 4) is 0 Å². The molecule has 2 heteroatoms. The second kappa shape index (κ2) is 13.9. The summed E-state index contributed by atoms with van der Waals surface area (Å²) in [4.78, 5) is 12.3. The van der Waals surface area contributed by atoms with Gasteiger partial charge in [0.2, 0.25) is 5.91 Å². The molecule has 1 aromatic carbocycles. The highest BCUT2D eigenvalue weighted by Gasteiger charge is 2.24. The monoisotopic (exact) mass is 349 g/mol. The van der Waals surface area contributed by atoms with E-state index in [0.29, 0.717) is 11.8 Å². The Morgan fingerprint density at radius 1 is 1.16 bits per heavy atom. The van der Waals surface area contributed by atoms with Crippen LogP contribution in [-0.4, -0.2) is 5.91 Å². The maximum atomic E-state index is 12.3. The van der Waals surface area contributed by atoms with Gasteiger partial charge in [-0.2, -0.15) is 0 Å². The van der Waals surface area contributed by atoms with Gasteiger partial charge in [-0.25, -0.2) is 0 Å². The van der Waals surface area contributed by atoms with Crippen LogP contribution in [0.3, 0.4) is 0 Å². The van der Waals surface area contributed by atoms with Crippen molar-refractivity contribution >= 4 is 11.6 Å². The van der Waals surface area contributed by atoms with E-state index in [9.17, 15) is 4.79 Å². The first-order valence-corrected chi connectivity index (χ1v) is 10.4. The van der Waals surface area contributed by atoms with Crippen molar-refractivity contribution in [1.29, 1.82) is 0 Å². The van der Waals surface area contributed by atoms with Crippen LogP contribution in [0.1, 0.15) is 99.9 Å². The third-order valence-electron chi connectivity index (χ3n) is 4.67. The molecular formula is C23H43NO. The van der Waals surface area contributed by atoms with Gasteiger partial charge in [-0.05, 0) is 48.8 Å². The van der Waals surface area contributed by atoms with Gasteiger partial charge in [-0.15, -0.1) is 0 Å². The fourth-order valence-corrected chi connectivity index (χ4v) is 3.05. The summed E-state index contributed by atoms with van der Waals surface area (Å²) in [6, 6.07) is 8.33. The van der Waals surface area contributed by atoms with Crippen LogP contribution in [-0.2, 0) is 4.79 Å². The number of benzene rings is 1. The zero-order valence-electron chi connectivity index (χ0n) is 17.7. The van der Waals surface area contributed by atoms with Crippen LogP contribution in [0.15, 0.2) is 24.3 Å². The van der Waals surface area contributed by atoms with E-state index in [4.69, 9.17) is 0 Å². The first-order valence-electron chi connectivity index (χ1n) is 10.4. The van der Waals surface area contributed by atoms with Gasteiger partial charge in [-0.1, -0.05) is 79.9 Å². The van der Waals surface area contributed by atoms with Crippen LogP contribution in [0.25, 0.3) is 0 Å². The number of hydrogen-bond donors (Lipinski definition) is 1. The average Bonchev–Trinajstić information content (AvgIpc) is 2.64. The summed E-state index contributed by atoms with van der Waals surface area (Å²) >= 11 is 0. The Bertz CT molecular complexity index is 458. The van der Waals surface area contributed by atoms with Gasteiger partial charge in [0.15, 0.2) is 0 Å². The molecule has 0 spiro atoms. The molecule has 0 bridgehead atoms. The summed E-state index contributed by atoms with van der Waals surface area (Å²) in [6.45, 7) is 14.9. The predicted octanol–water partition coefficient (Wildman–Crippen LogP) is 7.65. The predicted molar refractivity (Wildman–Crippen MR) is 114 cm³/mol. The lowest BCUT2D eigenvalue weighted by atomic mass is 9.82. The van der Waals surface area contributed by atoms with Gasteiger partial charge >= 0.3 is 0 Å². The number of anilines is 1. The Labute approximate surface area is 158 Å². The lowest BCUT2D eigenvalue weighted by Crippen LogP contribution is -2.27. The van der Waals surface area contributed by atoms with Gasteiger partial charge in [0.25, 0.3) is 0 Å². The van der Waals surface area contributed by atoms with Crippen molar-refractivity contribution in [2.45, 2.75) is 92.9 Å². The van der Waals surface area contributed by atoms with Crippen molar-refractivity contribution in [2.75, 3.05) is 5.32 Å². The molecule has 2 rings (SSSR count). The zero-order valence-corrected chi connectivity index (χ0v) is 17.7. The molecule has 1 unspecified atom stereocenters. The van der Waals surface area contributed by atoms with Crippen LogP contribution in [0.4, 0.5) is 5.69 Å². The van der Waals surface area contributed by atoms with Crippen molar-refractivity contribution in [3.63, 3.8) is 0 Å². The lowest BCUT2D eigenvalue weighted by molar-refractivity contribution is -0.121. The number of carbonyl (C=O) groups excluding carboxylic acids is 1. The molecule has 1 aliphatic rings. The molecule has 1 saturated carbocycles. The normalized spacial score (nSPS) is 20.3. The third-order valence-corrected chi connectivity index (χ3v) is 4.67. The second-order valence-corrected chi connectivity index (χ2v) is 7.10. The third kappa shape index (κ3) is 9.09. The lowest BCUT2D eigenvalue weighted by Gasteiger charge is -2.25. The van der Waals surface area contributed by atoms with Crippen LogP contribution < -0.4 is 5.32 Å². The SMILES string of the molecule is CC.CCC.CCC(C)c1ccc(NC(=O)[C@H]2CCC[C@@H](C)C2)cc1.[HH]. The minimum Gasteiger partial charge on any atom is -0.326 e. The number of amides is 1. The van der Waals surface area contributed by atoms with Crippen LogP contribution in [0.2, 0.25) is 0 Å². The maximum absolute atomic E-state index is 12.3. The van der Waals surface area contributed by atoms with E-state index < -0.39 is 0 Å². The summed E-state index contributed by atoms with van der Waals surface area (Å²) in [5.41, 5.74) is 2.28. The largest absolute Gasteiger partial charge is 0.326 e. The molecule has 2 nitrogen and oxygen atoms in total. The van der Waals surface area contributed by atoms with Gasteiger partial charge < -0.3 is 5.32 Å². The number of rotatable bonds is 4. The van der Waals surface area contributed by atoms with Crippen molar-refractivity contribution in [1.82, 2.24) is 0 Å². The fraction of sp³-hybridized carbons (Fsp3) is 0.696. The Hall–Kier alpha value is -1.31. The van der Waals surface area contributed by atoms with E-state index in [1.165, 1.54) is 24.8 Å². The van der Waals surface area contributed by atoms with Gasteiger partial charge in [0.1, 0.15) is 0 Å². The van der Waals surface area contributed by atoms with E-state index in [0.717, 1.165) is 24.9 Å². The maximum Gasteiger partial charge on any atom is 0.227 e. The number of hydrogen-bond acceptors (Lipinski definition) is 1. The molecule has 146 valence electrons. The Morgan fingerprint density at radius 3 is 2.20 bits per heavy atom. The van der Waals surface area contributed by atoms with E-state index in [1.54, 1.807) is 0 Å². The standard InChI is InChI=1S/C18H27NO.C3H8.C2H6.H2/c1-4-14(3)15-8-10-17(11-9-15)19-18(20)16-7-5-6-13(2)12-16;1-3-2;1-2;/h8-11,13-14,16H,4-7,12H2,1-3H3,(H,19,20);3H2,1-2H3;1-2H3;1H/t13-,14?,16+;;;/m1.../s1. The van der Waals surface area contributed by atoms with E-state index in [-0.39, 0.29) is 13.3 Å². The molecule has 0 radical (unpaired) electrons. The molecule has 0 heterocycles. The molecule has 1 amide bonds. The van der Waals surface area contributed by atoms with E-state index in [2.05, 4.69) is 52.1 Å². The first-order chi connectivity index (χ1) is 12.0. The highest BCUT2D eigenvalue weighted by molar-refractivity contribution is 5.92. The summed E-state index contributed by atoms with van der Waals surface area (Å²) in [7, 11) is 0. The highest BCUT2D eigenvalue weighted by Crippen LogP contribution is 2.29. The van der Waals surface area contributed by atoms with Gasteiger partial charge in [0.05, 0.1) is 0 Å². The molecule has 1 aliphatic carbocycles. The molecule has 0 saturated heterocycles. The van der Waals surface area contributed by atoms with Crippen molar-refractivity contribution in [3.05, 3.63) is 29.8 Å². The summed E-state index contributed by atoms with van der Waals surface area (Å²) in [6.07, 6.45) is 6.93. The molecule has 0 aliphatic heterocycles. The quantitative estimate of drug-likeness (QED) is 0.594. The molecule has 1 fully saturated rings. The topological polar surface area (TPSA) is 29.1 Å². The Kier molecular flexibility index (Phi) is 13.2. The smallest absolute Gasteiger partial charge is 0.227 e. The Balaban J connectivity index is 0. The van der Waals surface area contributed by atoms with Crippen LogP contribution in [0.5, 0.6) is 0 Å². The second-order valence-electron chi connectivity index (χ2n) is 7.10. The molecule has 0 aromatic heterocycles. The van der Waals surface area contributed by atoms with Crippen LogP contribution >= 0.6 is 0 Å². The minimum atomic E-state index is 0. The zero-order chi connectivity index (χ0) is 19.2. The Morgan fingerprint density at radius 2 is 1.72 bits per heavy atom. The summed E-state index contributed by atoms with van der Waals surface area (Å²) in [5, 5.41) is 3.08. The molecule has 3 atom stereocenters. The molecule has 1 aromatic rings. The van der Waals surface area contributed by atoms with Gasteiger partial charge in [0, 0.05) is 13.0 Å². The van der Waals surface area contributed by atoms with Crippen LogP contribution in [0, 0.1) is 11.8 Å². The van der Waals surface area contributed by atoms with E-state index >= 15 is 0 Å². The van der Waals surface area contributed by atoms with E-state index in [1.807, 2.05) is 26.0 Å².